The zero-order chi connectivity index (χ0) is 25.0. The van der Waals surface area contributed by atoms with Gasteiger partial charge in [0, 0.05) is 5.69 Å². The Hall–Kier alpha value is -2.45. The molecule has 1 aromatic rings. The number of aliphatic hydroxyl groups is 1. The van der Waals surface area contributed by atoms with E-state index in [1.54, 1.807) is 6.92 Å². The number of nitrogens with one attached hydrogen (secondary N) is 1. The van der Waals surface area contributed by atoms with Crippen molar-refractivity contribution < 1.29 is 29.0 Å². The molecule has 3 saturated heterocycles. The van der Waals surface area contributed by atoms with Crippen molar-refractivity contribution in [3.05, 3.63) is 29.3 Å². The van der Waals surface area contributed by atoms with Crippen LogP contribution in [-0.2, 0) is 23.9 Å². The summed E-state index contributed by atoms with van der Waals surface area (Å²) in [5, 5.41) is 13.2. The van der Waals surface area contributed by atoms with Crippen LogP contribution in [0.5, 0.6) is 0 Å². The Morgan fingerprint density at radius 2 is 1.94 bits per heavy atom. The first-order chi connectivity index (χ1) is 16.1. The Morgan fingerprint density at radius 3 is 2.50 bits per heavy atom. The average molecular weight is 473 g/mol. The molecule has 2 bridgehead atoms. The highest BCUT2D eigenvalue weighted by Crippen LogP contribution is 2.65. The van der Waals surface area contributed by atoms with E-state index in [1.807, 2.05) is 52.8 Å². The van der Waals surface area contributed by atoms with Crippen molar-refractivity contribution in [3.63, 3.8) is 0 Å². The van der Waals surface area contributed by atoms with Gasteiger partial charge in [0.2, 0.25) is 11.8 Å². The van der Waals surface area contributed by atoms with Gasteiger partial charge in [-0.25, -0.2) is 0 Å². The summed E-state index contributed by atoms with van der Waals surface area (Å²) in [5.74, 6) is -2.85. The molecular formula is C26H36N2O6. The van der Waals surface area contributed by atoms with Gasteiger partial charge in [0.15, 0.2) is 0 Å². The standard InChI is InChI=1S/C26H36N2O6/c1-7-17(13-29)28-21(22(30)27-20-14(3)10-9-11-15(20)4)26-12-16(5)25(6,34-26)19(18(26)23(28)31)24(32)33-8-2/h9-11,16-19,21,29H,7-8,12-13H2,1-6H3,(H,27,30)/t16?,17-,18-,19+,21?,25-,26?/m0/s1. The first kappa shape index (κ1) is 24.7. The van der Waals surface area contributed by atoms with E-state index in [2.05, 4.69) is 5.32 Å². The summed E-state index contributed by atoms with van der Waals surface area (Å²) in [6, 6.07) is 4.23. The maximum atomic E-state index is 14.0. The number of anilines is 1. The van der Waals surface area contributed by atoms with E-state index in [1.165, 1.54) is 4.90 Å². The van der Waals surface area contributed by atoms with E-state index in [0.29, 0.717) is 18.5 Å². The number of rotatable bonds is 7. The maximum Gasteiger partial charge on any atom is 0.312 e. The number of benzene rings is 1. The number of esters is 1. The minimum atomic E-state index is -1.16. The van der Waals surface area contributed by atoms with E-state index >= 15 is 0 Å². The predicted molar refractivity (Wildman–Crippen MR) is 126 cm³/mol. The van der Waals surface area contributed by atoms with Crippen molar-refractivity contribution in [2.75, 3.05) is 18.5 Å². The molecule has 7 atom stereocenters. The van der Waals surface area contributed by atoms with Crippen molar-refractivity contribution in [2.45, 2.75) is 77.7 Å². The van der Waals surface area contributed by atoms with Gasteiger partial charge in [-0.3, -0.25) is 14.4 Å². The lowest BCUT2D eigenvalue weighted by atomic mass is 9.62. The summed E-state index contributed by atoms with van der Waals surface area (Å²) < 4.78 is 12.0. The molecule has 34 heavy (non-hydrogen) atoms. The van der Waals surface area contributed by atoms with Crippen molar-refractivity contribution in [2.24, 2.45) is 17.8 Å². The number of hydrogen-bond donors (Lipinski definition) is 2. The van der Waals surface area contributed by atoms with Gasteiger partial charge in [-0.1, -0.05) is 32.0 Å². The Kier molecular flexibility index (Phi) is 6.27. The van der Waals surface area contributed by atoms with Crippen molar-refractivity contribution in [3.8, 4) is 0 Å². The summed E-state index contributed by atoms with van der Waals surface area (Å²) in [4.78, 5) is 42.5. The zero-order valence-electron chi connectivity index (χ0n) is 20.9. The van der Waals surface area contributed by atoms with Crippen LogP contribution >= 0.6 is 0 Å². The van der Waals surface area contributed by atoms with Gasteiger partial charge in [0.1, 0.15) is 17.6 Å². The van der Waals surface area contributed by atoms with Crippen LogP contribution in [-0.4, -0.2) is 64.3 Å². The van der Waals surface area contributed by atoms with Gasteiger partial charge >= 0.3 is 5.97 Å². The van der Waals surface area contributed by atoms with Crippen LogP contribution < -0.4 is 5.32 Å². The highest BCUT2D eigenvalue weighted by Gasteiger charge is 2.80. The summed E-state index contributed by atoms with van der Waals surface area (Å²) in [7, 11) is 0. The molecule has 2 amide bonds. The minimum Gasteiger partial charge on any atom is -0.466 e. The van der Waals surface area contributed by atoms with Gasteiger partial charge in [-0.05, 0) is 57.6 Å². The lowest BCUT2D eigenvalue weighted by Crippen LogP contribution is -2.56. The topological polar surface area (TPSA) is 105 Å². The minimum absolute atomic E-state index is 0.0596. The largest absolute Gasteiger partial charge is 0.466 e. The number of ether oxygens (including phenoxy) is 2. The Labute approximate surface area is 201 Å². The third-order valence-corrected chi connectivity index (χ3v) is 8.35. The first-order valence-corrected chi connectivity index (χ1v) is 12.2. The van der Waals surface area contributed by atoms with Crippen molar-refractivity contribution in [1.82, 2.24) is 4.90 Å². The maximum absolute atomic E-state index is 14.0. The Balaban J connectivity index is 1.83. The fourth-order valence-electron chi connectivity index (χ4n) is 6.58. The van der Waals surface area contributed by atoms with Crippen LogP contribution in [0.25, 0.3) is 0 Å². The van der Waals surface area contributed by atoms with Crippen molar-refractivity contribution in [1.29, 1.82) is 0 Å². The number of carbonyl (C=O) groups is 3. The van der Waals surface area contributed by atoms with Crippen LogP contribution in [0.4, 0.5) is 5.69 Å². The van der Waals surface area contributed by atoms with E-state index in [0.717, 1.165) is 11.1 Å². The molecule has 186 valence electrons. The second-order valence-electron chi connectivity index (χ2n) is 10.2. The number of nitrogens with zero attached hydrogens (tertiary/aromatic N) is 1. The molecule has 3 heterocycles. The monoisotopic (exact) mass is 472 g/mol. The smallest absolute Gasteiger partial charge is 0.312 e. The third kappa shape index (κ3) is 3.29. The quantitative estimate of drug-likeness (QED) is 0.591. The lowest BCUT2D eigenvalue weighted by molar-refractivity contribution is -0.161. The number of hydrogen-bond acceptors (Lipinski definition) is 6. The molecule has 0 radical (unpaired) electrons. The second kappa shape index (κ2) is 8.64. The normalized spacial score (nSPS) is 34.8. The van der Waals surface area contributed by atoms with Crippen LogP contribution in [0.2, 0.25) is 0 Å². The van der Waals surface area contributed by atoms with E-state index in [9.17, 15) is 19.5 Å². The molecule has 0 aromatic heterocycles. The number of amides is 2. The predicted octanol–water partition coefficient (Wildman–Crippen LogP) is 2.59. The molecule has 8 heteroatoms. The molecule has 8 nitrogen and oxygen atoms in total. The number of fused-ring (bicyclic) bond motifs is 1. The van der Waals surface area contributed by atoms with Crippen LogP contribution in [0.15, 0.2) is 18.2 Å². The van der Waals surface area contributed by atoms with Gasteiger partial charge in [-0.2, -0.15) is 0 Å². The molecule has 4 rings (SSSR count). The average Bonchev–Trinajstić information content (AvgIpc) is 3.29. The van der Waals surface area contributed by atoms with E-state index in [-0.39, 0.29) is 30.9 Å². The third-order valence-electron chi connectivity index (χ3n) is 8.35. The summed E-state index contributed by atoms with van der Waals surface area (Å²) in [6.07, 6.45) is 0.939. The molecule has 0 aliphatic carbocycles. The molecule has 0 saturated carbocycles. The number of carbonyl (C=O) groups excluding carboxylic acids is 3. The molecule has 3 aliphatic rings. The molecule has 3 aliphatic heterocycles. The first-order valence-electron chi connectivity index (χ1n) is 12.2. The summed E-state index contributed by atoms with van der Waals surface area (Å²) >= 11 is 0. The highest BCUT2D eigenvalue weighted by molar-refractivity contribution is 6.04. The number of likely N-dealkylation sites (tertiary alicyclic amines) is 1. The van der Waals surface area contributed by atoms with Crippen LogP contribution in [0.3, 0.4) is 0 Å². The van der Waals surface area contributed by atoms with E-state index in [4.69, 9.17) is 9.47 Å². The molecule has 1 aromatic carbocycles. The van der Waals surface area contributed by atoms with Crippen LogP contribution in [0.1, 0.15) is 51.7 Å². The molecule has 3 fully saturated rings. The number of aryl methyl sites for hydroxylation is 2. The zero-order valence-corrected chi connectivity index (χ0v) is 20.9. The summed E-state index contributed by atoms with van der Waals surface area (Å²) in [5.41, 5.74) is 0.455. The van der Waals surface area contributed by atoms with Gasteiger partial charge in [0.05, 0.1) is 30.8 Å². The summed E-state index contributed by atoms with van der Waals surface area (Å²) in [6.45, 7) is 11.2. The molecule has 3 unspecified atom stereocenters. The fourth-order valence-corrected chi connectivity index (χ4v) is 6.58. The van der Waals surface area contributed by atoms with Crippen LogP contribution in [0, 0.1) is 31.6 Å². The Bertz CT molecular complexity index is 987. The SMILES string of the molecule is CCOC(=O)[C@H]1[C@H]2C(=O)N([C@@H](CC)CO)C(C(=O)Nc3c(C)cccc3C)C23CC(C)[C@]1(C)O3. The van der Waals surface area contributed by atoms with Gasteiger partial charge in [-0.15, -0.1) is 0 Å². The van der Waals surface area contributed by atoms with Gasteiger partial charge in [0.25, 0.3) is 0 Å². The highest BCUT2D eigenvalue weighted by atomic mass is 16.6. The second-order valence-corrected chi connectivity index (χ2v) is 10.2. The molecule has 1 spiro atoms. The Morgan fingerprint density at radius 1 is 1.29 bits per heavy atom. The number of aliphatic hydroxyl groups excluding tert-OH is 1. The lowest BCUT2D eigenvalue weighted by Gasteiger charge is -2.36. The molecular weight excluding hydrogens is 436 g/mol. The molecule has 2 N–H and O–H groups in total. The van der Waals surface area contributed by atoms with E-state index < -0.39 is 41.1 Å². The fraction of sp³-hybridized carbons (Fsp3) is 0.654. The number of para-hydroxylation sites is 1. The van der Waals surface area contributed by atoms with Gasteiger partial charge < -0.3 is 24.8 Å². The van der Waals surface area contributed by atoms with Crippen molar-refractivity contribution >= 4 is 23.5 Å².